The minimum atomic E-state index is -3.27. The SMILES string of the molecule is CC1(CS(N)(=O)=O)CCCC1. The molecule has 0 spiro atoms. The average molecular weight is 177 g/mol. The first-order valence-electron chi connectivity index (χ1n) is 3.92. The molecule has 0 radical (unpaired) electrons. The van der Waals surface area contributed by atoms with Crippen molar-refractivity contribution >= 4 is 10.0 Å². The Labute approximate surface area is 68.0 Å². The standard InChI is InChI=1S/C7H15NO2S/c1-7(4-2-3-5-7)6-11(8,9)10/h2-6H2,1H3,(H2,8,9,10). The van der Waals surface area contributed by atoms with Crippen LogP contribution >= 0.6 is 0 Å². The first kappa shape index (κ1) is 9.00. The van der Waals surface area contributed by atoms with E-state index in [0.29, 0.717) is 0 Å². The average Bonchev–Trinajstić information content (AvgIpc) is 2.09. The van der Waals surface area contributed by atoms with Gasteiger partial charge in [-0.25, -0.2) is 13.6 Å². The van der Waals surface area contributed by atoms with Crippen LogP contribution in [0, 0.1) is 5.41 Å². The van der Waals surface area contributed by atoms with Crippen molar-refractivity contribution in [1.82, 2.24) is 0 Å². The van der Waals surface area contributed by atoms with Crippen molar-refractivity contribution in [3.05, 3.63) is 0 Å². The van der Waals surface area contributed by atoms with Crippen LogP contribution in [0.1, 0.15) is 32.6 Å². The Morgan fingerprint density at radius 2 is 1.82 bits per heavy atom. The number of hydrogen-bond donors (Lipinski definition) is 1. The van der Waals surface area contributed by atoms with Gasteiger partial charge in [-0.2, -0.15) is 0 Å². The van der Waals surface area contributed by atoms with Crippen molar-refractivity contribution in [3.63, 3.8) is 0 Å². The molecule has 11 heavy (non-hydrogen) atoms. The van der Waals surface area contributed by atoms with Gasteiger partial charge in [-0.15, -0.1) is 0 Å². The Hall–Kier alpha value is -0.0900. The maximum Gasteiger partial charge on any atom is 0.209 e. The highest BCUT2D eigenvalue weighted by atomic mass is 32.2. The summed E-state index contributed by atoms with van der Waals surface area (Å²) in [6.07, 6.45) is 4.30. The topological polar surface area (TPSA) is 60.2 Å². The fourth-order valence-electron chi connectivity index (χ4n) is 1.86. The van der Waals surface area contributed by atoms with E-state index < -0.39 is 10.0 Å². The molecule has 0 aromatic carbocycles. The van der Waals surface area contributed by atoms with Crippen LogP contribution in [0.25, 0.3) is 0 Å². The minimum Gasteiger partial charge on any atom is -0.229 e. The zero-order valence-corrected chi connectivity index (χ0v) is 7.65. The molecule has 1 aliphatic carbocycles. The van der Waals surface area contributed by atoms with Gasteiger partial charge >= 0.3 is 0 Å². The lowest BCUT2D eigenvalue weighted by atomic mass is 9.92. The fraction of sp³-hybridized carbons (Fsp3) is 1.00. The van der Waals surface area contributed by atoms with Crippen LogP contribution in [0.2, 0.25) is 0 Å². The molecule has 0 amide bonds. The molecule has 1 rings (SSSR count). The summed E-state index contributed by atoms with van der Waals surface area (Å²) < 4.78 is 21.5. The maximum atomic E-state index is 10.8. The second kappa shape index (κ2) is 2.75. The highest BCUT2D eigenvalue weighted by Gasteiger charge is 2.32. The number of primary sulfonamides is 1. The summed E-state index contributed by atoms with van der Waals surface area (Å²) in [5, 5.41) is 4.97. The summed E-state index contributed by atoms with van der Waals surface area (Å²) >= 11 is 0. The molecule has 0 unspecified atom stereocenters. The third-order valence-corrected chi connectivity index (χ3v) is 3.46. The summed E-state index contributed by atoms with van der Waals surface area (Å²) in [6.45, 7) is 2.00. The summed E-state index contributed by atoms with van der Waals surface area (Å²) in [5.74, 6) is 0.153. The first-order valence-corrected chi connectivity index (χ1v) is 5.63. The van der Waals surface area contributed by atoms with Crippen molar-refractivity contribution in [2.75, 3.05) is 5.75 Å². The molecule has 0 aromatic rings. The Balaban J connectivity index is 2.60. The summed E-state index contributed by atoms with van der Waals surface area (Å²) in [7, 11) is -3.27. The molecule has 0 saturated heterocycles. The molecule has 0 heterocycles. The lowest BCUT2D eigenvalue weighted by molar-refractivity contribution is 0.382. The first-order chi connectivity index (χ1) is 4.91. The van der Waals surface area contributed by atoms with Crippen molar-refractivity contribution in [3.8, 4) is 0 Å². The second-order valence-electron chi connectivity index (χ2n) is 3.82. The Morgan fingerprint density at radius 3 is 2.18 bits per heavy atom. The fourth-order valence-corrected chi connectivity index (χ4v) is 3.12. The smallest absolute Gasteiger partial charge is 0.209 e. The zero-order chi connectivity index (χ0) is 8.54. The molecule has 0 atom stereocenters. The zero-order valence-electron chi connectivity index (χ0n) is 6.84. The predicted molar refractivity (Wildman–Crippen MR) is 44.5 cm³/mol. The van der Waals surface area contributed by atoms with E-state index in [9.17, 15) is 8.42 Å². The molecule has 3 nitrogen and oxygen atoms in total. The highest BCUT2D eigenvalue weighted by molar-refractivity contribution is 7.89. The summed E-state index contributed by atoms with van der Waals surface area (Å²) in [4.78, 5) is 0. The lowest BCUT2D eigenvalue weighted by Crippen LogP contribution is -2.28. The van der Waals surface area contributed by atoms with E-state index in [1.807, 2.05) is 6.92 Å². The molecule has 1 saturated carbocycles. The van der Waals surface area contributed by atoms with E-state index in [0.717, 1.165) is 25.7 Å². The van der Waals surface area contributed by atoms with Crippen LogP contribution in [-0.4, -0.2) is 14.2 Å². The lowest BCUT2D eigenvalue weighted by Gasteiger charge is -2.21. The van der Waals surface area contributed by atoms with E-state index in [4.69, 9.17) is 5.14 Å². The van der Waals surface area contributed by atoms with Gasteiger partial charge in [0.2, 0.25) is 10.0 Å². The van der Waals surface area contributed by atoms with Gasteiger partial charge in [0.15, 0.2) is 0 Å². The number of rotatable bonds is 2. The van der Waals surface area contributed by atoms with Crippen LogP contribution in [0.3, 0.4) is 0 Å². The van der Waals surface area contributed by atoms with Gasteiger partial charge < -0.3 is 0 Å². The Morgan fingerprint density at radius 1 is 1.36 bits per heavy atom. The van der Waals surface area contributed by atoms with Crippen LogP contribution in [0.4, 0.5) is 0 Å². The van der Waals surface area contributed by atoms with Gasteiger partial charge in [-0.3, -0.25) is 0 Å². The van der Waals surface area contributed by atoms with Gasteiger partial charge in [-0.05, 0) is 18.3 Å². The summed E-state index contributed by atoms with van der Waals surface area (Å²) in [6, 6.07) is 0. The maximum absolute atomic E-state index is 10.8. The highest BCUT2D eigenvalue weighted by Crippen LogP contribution is 2.37. The van der Waals surface area contributed by atoms with E-state index in [2.05, 4.69) is 0 Å². The van der Waals surface area contributed by atoms with E-state index >= 15 is 0 Å². The monoisotopic (exact) mass is 177 g/mol. The van der Waals surface area contributed by atoms with Crippen molar-refractivity contribution in [2.45, 2.75) is 32.6 Å². The summed E-state index contributed by atoms with van der Waals surface area (Å²) in [5.41, 5.74) is -0.0341. The Bertz CT molecular complexity index is 227. The molecular weight excluding hydrogens is 162 g/mol. The second-order valence-corrected chi connectivity index (χ2v) is 5.44. The minimum absolute atomic E-state index is 0.0341. The molecule has 1 aliphatic rings. The normalized spacial score (nSPS) is 23.8. The number of sulfonamides is 1. The van der Waals surface area contributed by atoms with E-state index in [1.165, 1.54) is 0 Å². The third kappa shape index (κ3) is 2.79. The molecule has 66 valence electrons. The van der Waals surface area contributed by atoms with Crippen LogP contribution in [0.15, 0.2) is 0 Å². The van der Waals surface area contributed by atoms with Gasteiger partial charge in [0.25, 0.3) is 0 Å². The van der Waals surface area contributed by atoms with Crippen molar-refractivity contribution in [2.24, 2.45) is 10.6 Å². The van der Waals surface area contributed by atoms with Crippen molar-refractivity contribution < 1.29 is 8.42 Å². The van der Waals surface area contributed by atoms with Crippen LogP contribution < -0.4 is 5.14 Å². The van der Waals surface area contributed by atoms with E-state index in [-0.39, 0.29) is 11.2 Å². The molecule has 2 N–H and O–H groups in total. The predicted octanol–water partition coefficient (Wildman–Crippen LogP) is 0.855. The van der Waals surface area contributed by atoms with Crippen LogP contribution in [0.5, 0.6) is 0 Å². The van der Waals surface area contributed by atoms with E-state index in [1.54, 1.807) is 0 Å². The van der Waals surface area contributed by atoms with Gasteiger partial charge in [-0.1, -0.05) is 19.8 Å². The van der Waals surface area contributed by atoms with Crippen LogP contribution in [-0.2, 0) is 10.0 Å². The molecule has 1 fully saturated rings. The molecule has 0 aromatic heterocycles. The van der Waals surface area contributed by atoms with Gasteiger partial charge in [0, 0.05) is 0 Å². The third-order valence-electron chi connectivity index (χ3n) is 2.36. The molecule has 0 bridgehead atoms. The molecule has 0 aliphatic heterocycles. The Kier molecular flexibility index (Phi) is 2.25. The quantitative estimate of drug-likeness (QED) is 0.680. The molecular formula is C7H15NO2S. The molecule has 4 heteroatoms. The van der Waals surface area contributed by atoms with Crippen molar-refractivity contribution in [1.29, 1.82) is 0 Å². The van der Waals surface area contributed by atoms with Gasteiger partial charge in [0.05, 0.1) is 5.75 Å². The number of nitrogens with two attached hydrogens (primary N) is 1. The number of hydrogen-bond acceptors (Lipinski definition) is 2. The largest absolute Gasteiger partial charge is 0.229 e. The van der Waals surface area contributed by atoms with Gasteiger partial charge in [0.1, 0.15) is 0 Å².